The van der Waals surface area contributed by atoms with Crippen LogP contribution in [0.4, 0.5) is 0 Å². The number of hydrogen-bond donors (Lipinski definition) is 0. The zero-order valence-electron chi connectivity index (χ0n) is 32.7. The van der Waals surface area contributed by atoms with Crippen molar-refractivity contribution in [1.82, 2.24) is 0 Å². The van der Waals surface area contributed by atoms with Crippen LogP contribution in [0.25, 0.3) is 0 Å². The zero-order chi connectivity index (χ0) is 42.8. The molecule has 0 aliphatic heterocycles. The van der Waals surface area contributed by atoms with Gasteiger partial charge in [-0.3, -0.25) is 0 Å². The molecule has 310 valence electrons. The molecule has 4 aromatic rings. The van der Waals surface area contributed by atoms with Crippen molar-refractivity contribution >= 4 is 41.8 Å². The highest BCUT2D eigenvalue weighted by Gasteiger charge is 2.37. The first kappa shape index (κ1) is 44.8. The van der Waals surface area contributed by atoms with Crippen LogP contribution in [0.5, 0.6) is 0 Å². The van der Waals surface area contributed by atoms with Crippen molar-refractivity contribution in [2.24, 2.45) is 5.41 Å². The third kappa shape index (κ3) is 12.0. The number of ether oxygens (including phenoxy) is 9. The van der Waals surface area contributed by atoms with Gasteiger partial charge in [0.15, 0.2) is 0 Å². The van der Waals surface area contributed by atoms with Gasteiger partial charge in [-0.1, -0.05) is 54.6 Å². The molecule has 0 aromatic heterocycles. The quantitative estimate of drug-likeness (QED) is 0.0660. The molecule has 16 heteroatoms. The number of benzene rings is 4. The summed E-state index contributed by atoms with van der Waals surface area (Å²) in [6.45, 7) is -2.50. The Morgan fingerprint density at radius 3 is 1.10 bits per heavy atom. The van der Waals surface area contributed by atoms with Gasteiger partial charge in [0.2, 0.25) is 0 Å². The van der Waals surface area contributed by atoms with E-state index in [0.29, 0.717) is 5.56 Å². The van der Waals surface area contributed by atoms with E-state index in [4.69, 9.17) is 42.6 Å². The molecule has 0 spiro atoms. The number of esters is 7. The molecule has 16 nitrogen and oxygen atoms in total. The van der Waals surface area contributed by atoms with Gasteiger partial charge in [0.05, 0.1) is 99.2 Å². The largest absolute Gasteiger partial charge is 0.465 e. The third-order valence-electron chi connectivity index (χ3n) is 8.63. The molecule has 0 fully saturated rings. The van der Waals surface area contributed by atoms with Gasteiger partial charge in [-0.2, -0.15) is 0 Å². The van der Waals surface area contributed by atoms with E-state index in [2.05, 4.69) is 0 Å². The fourth-order valence-electron chi connectivity index (χ4n) is 5.58. The number of rotatable bonds is 20. The average molecular weight is 815 g/mol. The van der Waals surface area contributed by atoms with Gasteiger partial charge in [0.25, 0.3) is 0 Å². The van der Waals surface area contributed by atoms with Crippen LogP contribution >= 0.6 is 0 Å². The van der Waals surface area contributed by atoms with Crippen molar-refractivity contribution in [2.45, 2.75) is 6.61 Å². The first-order valence-corrected chi connectivity index (χ1v) is 17.8. The summed E-state index contributed by atoms with van der Waals surface area (Å²) in [6.07, 6.45) is 0. The van der Waals surface area contributed by atoms with E-state index in [1.807, 2.05) is 0 Å². The highest BCUT2D eigenvalue weighted by Crippen LogP contribution is 2.25. The normalized spacial score (nSPS) is 10.8. The Bertz CT molecular complexity index is 2070. The van der Waals surface area contributed by atoms with Crippen molar-refractivity contribution in [3.63, 3.8) is 0 Å². The summed E-state index contributed by atoms with van der Waals surface area (Å²) in [7, 11) is 4.72. The number of methoxy groups -OCH3 is 4. The topological polar surface area (TPSA) is 203 Å². The minimum atomic E-state index is -1.53. The SMILES string of the molecule is COC(=O)c1ccccc1COCC(COCCOC(=O)c1ccccc1C(=O)OC)(COC(=O)c1ccccc1C(=O)OC)COC(=O)c1ccccc1C(=O)OC. The fraction of sp³-hybridized carbons (Fsp3) is 0.279. The minimum absolute atomic E-state index is 0.00275. The van der Waals surface area contributed by atoms with Gasteiger partial charge in [-0.25, -0.2) is 33.6 Å². The van der Waals surface area contributed by atoms with E-state index in [0.717, 1.165) is 14.2 Å². The summed E-state index contributed by atoms with van der Waals surface area (Å²) in [5.41, 5.74) is -1.28. The maximum atomic E-state index is 13.6. The van der Waals surface area contributed by atoms with Gasteiger partial charge < -0.3 is 42.6 Å². The first-order chi connectivity index (χ1) is 28.5. The molecule has 0 amide bonds. The maximum absolute atomic E-state index is 13.6. The Hall–Kier alpha value is -6.91. The van der Waals surface area contributed by atoms with E-state index in [1.54, 1.807) is 36.4 Å². The van der Waals surface area contributed by atoms with Crippen molar-refractivity contribution < 1.29 is 76.2 Å². The van der Waals surface area contributed by atoms with Crippen LogP contribution in [-0.4, -0.2) is 110 Å². The van der Waals surface area contributed by atoms with Crippen LogP contribution in [0.2, 0.25) is 0 Å². The van der Waals surface area contributed by atoms with Crippen molar-refractivity contribution in [1.29, 1.82) is 0 Å². The predicted octanol–water partition coefficient (Wildman–Crippen LogP) is 4.92. The lowest BCUT2D eigenvalue weighted by molar-refractivity contribution is -0.0923. The van der Waals surface area contributed by atoms with Gasteiger partial charge >= 0.3 is 41.8 Å². The Morgan fingerprint density at radius 2 is 0.695 bits per heavy atom. The smallest absolute Gasteiger partial charge is 0.339 e. The second kappa shape index (κ2) is 22.1. The van der Waals surface area contributed by atoms with Crippen LogP contribution in [-0.2, 0) is 49.2 Å². The fourth-order valence-corrected chi connectivity index (χ4v) is 5.58. The van der Waals surface area contributed by atoms with Crippen LogP contribution in [0.3, 0.4) is 0 Å². The molecule has 59 heavy (non-hydrogen) atoms. The molecule has 0 bridgehead atoms. The molecule has 0 N–H and O–H groups in total. The standard InChI is InChI=1S/C43H42O16/c1-51-36(44)29-14-6-5-13-28(29)23-56-25-43(26-58-41(49)34-19-11-8-16-31(34)38(46)53-3,27-59-42(50)35-20-12-9-17-32(35)39(47)54-4)24-55-21-22-57-40(48)33-18-10-7-15-30(33)37(45)52-2/h5-20H,21-27H2,1-4H3. The van der Waals surface area contributed by atoms with Crippen LogP contribution in [0.15, 0.2) is 97.1 Å². The van der Waals surface area contributed by atoms with Crippen LogP contribution in [0, 0.1) is 5.41 Å². The molecule has 0 unspecified atom stereocenters. The zero-order valence-corrected chi connectivity index (χ0v) is 32.7. The third-order valence-corrected chi connectivity index (χ3v) is 8.63. The van der Waals surface area contributed by atoms with Gasteiger partial charge in [0, 0.05) is 0 Å². The van der Waals surface area contributed by atoms with Gasteiger partial charge in [-0.15, -0.1) is 0 Å². The number of carbonyl (C=O) groups excluding carboxylic acids is 7. The lowest BCUT2D eigenvalue weighted by atomic mass is 9.92. The second-order valence-corrected chi connectivity index (χ2v) is 12.6. The van der Waals surface area contributed by atoms with Crippen LogP contribution < -0.4 is 0 Å². The van der Waals surface area contributed by atoms with E-state index in [9.17, 15) is 33.6 Å². The molecule has 0 radical (unpaired) electrons. The summed E-state index contributed by atoms with van der Waals surface area (Å²) in [6, 6.07) is 24.0. The highest BCUT2D eigenvalue weighted by atomic mass is 16.6. The van der Waals surface area contributed by atoms with E-state index in [-0.39, 0.29) is 72.0 Å². The second-order valence-electron chi connectivity index (χ2n) is 12.6. The Morgan fingerprint density at radius 1 is 0.373 bits per heavy atom. The molecular formula is C43H42O16. The summed E-state index contributed by atoms with van der Waals surface area (Å²) in [4.78, 5) is 89.7. The molecule has 0 saturated heterocycles. The molecular weight excluding hydrogens is 772 g/mol. The highest BCUT2D eigenvalue weighted by molar-refractivity contribution is 6.04. The minimum Gasteiger partial charge on any atom is -0.465 e. The van der Waals surface area contributed by atoms with E-state index >= 15 is 0 Å². The number of hydrogen-bond acceptors (Lipinski definition) is 16. The number of carbonyl (C=O) groups is 7. The molecule has 0 atom stereocenters. The van der Waals surface area contributed by atoms with Crippen molar-refractivity contribution in [2.75, 3.05) is 68.1 Å². The summed E-state index contributed by atoms with van der Waals surface area (Å²) in [5, 5.41) is 0. The summed E-state index contributed by atoms with van der Waals surface area (Å²) >= 11 is 0. The van der Waals surface area contributed by atoms with Gasteiger partial charge in [-0.05, 0) is 48.0 Å². The molecule has 0 heterocycles. The lowest BCUT2D eigenvalue weighted by Gasteiger charge is -2.32. The van der Waals surface area contributed by atoms with E-state index < -0.39 is 60.4 Å². The Balaban J connectivity index is 1.63. The molecule has 0 saturated carbocycles. The van der Waals surface area contributed by atoms with Crippen molar-refractivity contribution in [3.05, 3.63) is 142 Å². The Labute approximate surface area is 339 Å². The molecule has 0 aliphatic carbocycles. The van der Waals surface area contributed by atoms with Gasteiger partial charge in [0.1, 0.15) is 19.8 Å². The monoisotopic (exact) mass is 814 g/mol. The summed E-state index contributed by atoms with van der Waals surface area (Å²) < 4.78 is 48.2. The molecule has 0 aliphatic rings. The van der Waals surface area contributed by atoms with E-state index in [1.165, 1.54) is 74.9 Å². The Kier molecular flexibility index (Phi) is 16.8. The van der Waals surface area contributed by atoms with Crippen molar-refractivity contribution in [3.8, 4) is 0 Å². The maximum Gasteiger partial charge on any atom is 0.339 e. The molecule has 4 rings (SSSR count). The van der Waals surface area contributed by atoms with Crippen LogP contribution in [0.1, 0.15) is 78.1 Å². The molecule has 4 aromatic carbocycles. The lowest BCUT2D eigenvalue weighted by Crippen LogP contribution is -2.43. The summed E-state index contributed by atoms with van der Waals surface area (Å²) in [5.74, 6) is -5.63. The predicted molar refractivity (Wildman–Crippen MR) is 205 cm³/mol. The first-order valence-electron chi connectivity index (χ1n) is 17.8. The average Bonchev–Trinajstić information content (AvgIpc) is 3.28.